The summed E-state index contributed by atoms with van der Waals surface area (Å²) < 4.78 is 15.9. The zero-order chi connectivity index (χ0) is 12.4. The van der Waals surface area contributed by atoms with Crippen LogP contribution in [0.25, 0.3) is 0 Å². The fourth-order valence-corrected chi connectivity index (χ4v) is 1.86. The zero-order valence-electron chi connectivity index (χ0n) is 10.2. The Labute approximate surface area is 100 Å². The summed E-state index contributed by atoms with van der Waals surface area (Å²) >= 11 is 0. The summed E-state index contributed by atoms with van der Waals surface area (Å²) in [6.45, 7) is 5.69. The van der Waals surface area contributed by atoms with Gasteiger partial charge < -0.3 is 14.2 Å². The molecule has 17 heavy (non-hydrogen) atoms. The molecule has 0 radical (unpaired) electrons. The number of hydrogen-bond donors (Lipinski definition) is 0. The minimum atomic E-state index is -0.277. The van der Waals surface area contributed by atoms with Gasteiger partial charge in [0.05, 0.1) is 0 Å². The summed E-state index contributed by atoms with van der Waals surface area (Å²) in [6, 6.07) is 5.62. The van der Waals surface area contributed by atoms with Crippen molar-refractivity contribution < 1.29 is 19.0 Å². The van der Waals surface area contributed by atoms with Crippen molar-refractivity contribution in [2.24, 2.45) is 5.92 Å². The van der Waals surface area contributed by atoms with E-state index < -0.39 is 0 Å². The molecule has 1 aromatic rings. The maximum Gasteiger partial charge on any atom is 0.303 e. The van der Waals surface area contributed by atoms with Gasteiger partial charge in [0.25, 0.3) is 0 Å². The third-order valence-electron chi connectivity index (χ3n) is 2.62. The average molecular weight is 236 g/mol. The Morgan fingerprint density at radius 3 is 2.65 bits per heavy atom. The smallest absolute Gasteiger partial charge is 0.303 e. The van der Waals surface area contributed by atoms with Gasteiger partial charge in [0.1, 0.15) is 6.10 Å². The molecular formula is C13H16O4. The number of benzene rings is 1. The lowest BCUT2D eigenvalue weighted by molar-refractivity contribution is -0.149. The lowest BCUT2D eigenvalue weighted by atomic mass is 9.98. The highest BCUT2D eigenvalue weighted by Crippen LogP contribution is 2.36. The lowest BCUT2D eigenvalue weighted by Gasteiger charge is -2.21. The molecule has 4 heteroatoms. The van der Waals surface area contributed by atoms with Crippen LogP contribution < -0.4 is 9.47 Å². The fraction of sp³-hybridized carbons (Fsp3) is 0.462. The van der Waals surface area contributed by atoms with Gasteiger partial charge in [-0.1, -0.05) is 19.9 Å². The van der Waals surface area contributed by atoms with Crippen molar-refractivity contribution in [3.8, 4) is 11.5 Å². The quantitative estimate of drug-likeness (QED) is 0.757. The second kappa shape index (κ2) is 4.65. The van der Waals surface area contributed by atoms with Crippen LogP contribution in [0.3, 0.4) is 0 Å². The molecule has 0 saturated carbocycles. The van der Waals surface area contributed by atoms with Crippen molar-refractivity contribution in [3.63, 3.8) is 0 Å². The van der Waals surface area contributed by atoms with Crippen LogP contribution >= 0.6 is 0 Å². The summed E-state index contributed by atoms with van der Waals surface area (Å²) in [7, 11) is 0. The number of esters is 1. The van der Waals surface area contributed by atoms with E-state index in [1.165, 1.54) is 6.92 Å². The van der Waals surface area contributed by atoms with Crippen LogP contribution in [0.5, 0.6) is 11.5 Å². The summed E-state index contributed by atoms with van der Waals surface area (Å²) in [5.74, 6) is 1.38. The Hall–Kier alpha value is -1.71. The minimum absolute atomic E-state index is 0.208. The SMILES string of the molecule is CC(=O)O[C@H](c1ccc2c(c1)OCO2)C(C)C. The highest BCUT2D eigenvalue weighted by molar-refractivity contribution is 5.66. The van der Waals surface area contributed by atoms with Crippen LogP contribution in [0.2, 0.25) is 0 Å². The Balaban J connectivity index is 2.27. The van der Waals surface area contributed by atoms with Gasteiger partial charge in [-0.05, 0) is 23.6 Å². The summed E-state index contributed by atoms with van der Waals surface area (Å²) in [5.41, 5.74) is 0.930. The van der Waals surface area contributed by atoms with Gasteiger partial charge in [0.15, 0.2) is 11.5 Å². The average Bonchev–Trinajstić information content (AvgIpc) is 2.72. The molecule has 1 aliphatic heterocycles. The van der Waals surface area contributed by atoms with Crippen molar-refractivity contribution in [2.75, 3.05) is 6.79 Å². The second-order valence-electron chi connectivity index (χ2n) is 4.39. The Morgan fingerprint density at radius 2 is 2.00 bits per heavy atom. The van der Waals surface area contributed by atoms with Gasteiger partial charge in [-0.2, -0.15) is 0 Å². The number of ether oxygens (including phenoxy) is 3. The fourth-order valence-electron chi connectivity index (χ4n) is 1.86. The number of fused-ring (bicyclic) bond motifs is 1. The first-order chi connectivity index (χ1) is 8.08. The van der Waals surface area contributed by atoms with Crippen LogP contribution in [0.15, 0.2) is 18.2 Å². The van der Waals surface area contributed by atoms with Gasteiger partial charge in [0.2, 0.25) is 6.79 Å². The molecule has 0 unspecified atom stereocenters. The van der Waals surface area contributed by atoms with E-state index in [-0.39, 0.29) is 24.8 Å². The minimum Gasteiger partial charge on any atom is -0.457 e. The van der Waals surface area contributed by atoms with Crippen LogP contribution in [-0.2, 0) is 9.53 Å². The second-order valence-corrected chi connectivity index (χ2v) is 4.39. The number of carbonyl (C=O) groups is 1. The predicted octanol–water partition coefficient (Wildman–Crippen LogP) is 2.68. The molecule has 0 bridgehead atoms. The summed E-state index contributed by atoms with van der Waals surface area (Å²) in [5, 5.41) is 0. The Bertz CT molecular complexity index is 425. The topological polar surface area (TPSA) is 44.8 Å². The van der Waals surface area contributed by atoms with Crippen LogP contribution in [0.1, 0.15) is 32.4 Å². The number of carbonyl (C=O) groups excluding carboxylic acids is 1. The normalized spacial score (nSPS) is 14.8. The molecule has 1 heterocycles. The number of rotatable bonds is 3. The van der Waals surface area contributed by atoms with Gasteiger partial charge >= 0.3 is 5.97 Å². The monoisotopic (exact) mass is 236 g/mol. The first-order valence-electron chi connectivity index (χ1n) is 5.64. The third kappa shape index (κ3) is 2.52. The zero-order valence-corrected chi connectivity index (χ0v) is 10.2. The largest absolute Gasteiger partial charge is 0.457 e. The van der Waals surface area contributed by atoms with Crippen molar-refractivity contribution in [3.05, 3.63) is 23.8 Å². The lowest BCUT2D eigenvalue weighted by Crippen LogP contribution is -2.14. The van der Waals surface area contributed by atoms with Gasteiger partial charge in [-0.3, -0.25) is 4.79 Å². The standard InChI is InChI=1S/C13H16O4/c1-8(2)13(17-9(3)14)10-4-5-11-12(6-10)16-7-15-11/h4-6,8,13H,7H2,1-3H3/t13-/m0/s1. The van der Waals surface area contributed by atoms with Crippen LogP contribution in [-0.4, -0.2) is 12.8 Å². The molecule has 1 atom stereocenters. The molecule has 4 nitrogen and oxygen atoms in total. The highest BCUT2D eigenvalue weighted by atomic mass is 16.7. The van der Waals surface area contributed by atoms with Crippen molar-refractivity contribution in [2.45, 2.75) is 26.9 Å². The van der Waals surface area contributed by atoms with Gasteiger partial charge in [-0.25, -0.2) is 0 Å². The summed E-state index contributed by atoms with van der Waals surface area (Å²) in [4.78, 5) is 11.1. The molecule has 0 spiro atoms. The first kappa shape index (κ1) is 11.8. The number of hydrogen-bond acceptors (Lipinski definition) is 4. The first-order valence-corrected chi connectivity index (χ1v) is 5.64. The third-order valence-corrected chi connectivity index (χ3v) is 2.62. The van der Waals surface area contributed by atoms with E-state index in [1.54, 1.807) is 0 Å². The molecule has 1 aromatic carbocycles. The molecule has 1 aliphatic rings. The molecule has 0 N–H and O–H groups in total. The van der Waals surface area contributed by atoms with Crippen molar-refractivity contribution >= 4 is 5.97 Å². The molecule has 92 valence electrons. The summed E-state index contributed by atoms with van der Waals surface area (Å²) in [6.07, 6.45) is -0.248. The predicted molar refractivity (Wildman–Crippen MR) is 61.9 cm³/mol. The van der Waals surface area contributed by atoms with Crippen LogP contribution in [0.4, 0.5) is 0 Å². The van der Waals surface area contributed by atoms with Gasteiger partial charge in [-0.15, -0.1) is 0 Å². The van der Waals surface area contributed by atoms with Crippen molar-refractivity contribution in [1.29, 1.82) is 0 Å². The van der Waals surface area contributed by atoms with E-state index in [0.29, 0.717) is 5.75 Å². The molecule has 0 aromatic heterocycles. The van der Waals surface area contributed by atoms with E-state index in [0.717, 1.165) is 11.3 Å². The van der Waals surface area contributed by atoms with E-state index in [9.17, 15) is 4.79 Å². The molecule has 2 rings (SSSR count). The maximum absolute atomic E-state index is 11.1. The van der Waals surface area contributed by atoms with E-state index >= 15 is 0 Å². The molecule has 0 fully saturated rings. The molecular weight excluding hydrogens is 220 g/mol. The van der Waals surface area contributed by atoms with E-state index in [1.807, 2.05) is 32.0 Å². The van der Waals surface area contributed by atoms with E-state index in [2.05, 4.69) is 0 Å². The van der Waals surface area contributed by atoms with Crippen molar-refractivity contribution in [1.82, 2.24) is 0 Å². The highest BCUT2D eigenvalue weighted by Gasteiger charge is 2.22. The molecule has 0 saturated heterocycles. The van der Waals surface area contributed by atoms with E-state index in [4.69, 9.17) is 14.2 Å². The Morgan fingerprint density at radius 1 is 1.29 bits per heavy atom. The molecule has 0 amide bonds. The van der Waals surface area contributed by atoms with Gasteiger partial charge in [0, 0.05) is 6.92 Å². The maximum atomic E-state index is 11.1. The van der Waals surface area contributed by atoms with Crippen LogP contribution in [0, 0.1) is 5.92 Å². The Kier molecular flexibility index (Phi) is 3.22. The molecule has 0 aliphatic carbocycles.